The van der Waals surface area contributed by atoms with Crippen LogP contribution in [0, 0.1) is 0 Å². The van der Waals surface area contributed by atoms with Crippen LogP contribution in [-0.2, 0) is 6.42 Å². The first-order valence-corrected chi connectivity index (χ1v) is 8.21. The molecule has 1 amide bonds. The fourth-order valence-electron chi connectivity index (χ4n) is 2.46. The summed E-state index contributed by atoms with van der Waals surface area (Å²) in [6.07, 6.45) is 2.41. The van der Waals surface area contributed by atoms with Gasteiger partial charge in [0.05, 0.1) is 17.5 Å². The quantitative estimate of drug-likeness (QED) is 0.390. The second-order valence-corrected chi connectivity index (χ2v) is 5.61. The molecule has 0 aliphatic carbocycles. The molecule has 2 heterocycles. The Morgan fingerprint density at radius 3 is 2.82 bits per heavy atom. The predicted octanol–water partition coefficient (Wildman–Crippen LogP) is 0.647. The molecule has 28 heavy (non-hydrogen) atoms. The standard InChI is InChI=1S/C16H16N8O4/c1-2-5-11-12(19-23-24(11)14-13(17)21-28-22-14)15(25)20-18-8-9-6-3-4-7-10(9)16(26)27/h3-4,6-8H,2,5H2,1H3,(H2,17,21)(H,20,25)(H,26,27)/b18-8-. The molecule has 1 aromatic carbocycles. The highest BCUT2D eigenvalue weighted by Gasteiger charge is 2.23. The highest BCUT2D eigenvalue weighted by Crippen LogP contribution is 2.17. The Balaban J connectivity index is 1.83. The summed E-state index contributed by atoms with van der Waals surface area (Å²) in [6, 6.07) is 6.27. The molecule has 0 saturated heterocycles. The molecule has 3 rings (SSSR count). The van der Waals surface area contributed by atoms with Crippen LogP contribution < -0.4 is 11.2 Å². The van der Waals surface area contributed by atoms with Crippen molar-refractivity contribution < 1.29 is 19.3 Å². The van der Waals surface area contributed by atoms with Crippen molar-refractivity contribution >= 4 is 23.9 Å². The Morgan fingerprint density at radius 1 is 1.36 bits per heavy atom. The number of carboxylic acid groups (broad SMARTS) is 1. The van der Waals surface area contributed by atoms with Crippen molar-refractivity contribution in [2.45, 2.75) is 19.8 Å². The molecule has 0 aliphatic rings. The van der Waals surface area contributed by atoms with Crippen LogP contribution in [-0.4, -0.2) is 48.5 Å². The molecule has 12 nitrogen and oxygen atoms in total. The predicted molar refractivity (Wildman–Crippen MR) is 96.1 cm³/mol. The van der Waals surface area contributed by atoms with Crippen LogP contribution in [0.15, 0.2) is 34.0 Å². The van der Waals surface area contributed by atoms with Gasteiger partial charge in [-0.1, -0.05) is 36.8 Å². The van der Waals surface area contributed by atoms with Crippen LogP contribution >= 0.6 is 0 Å². The molecule has 0 spiro atoms. The molecule has 12 heteroatoms. The summed E-state index contributed by atoms with van der Waals surface area (Å²) in [5.74, 6) is -1.57. The second kappa shape index (κ2) is 8.07. The maximum absolute atomic E-state index is 12.5. The Kier molecular flexibility index (Phi) is 5.39. The molecule has 144 valence electrons. The van der Waals surface area contributed by atoms with Crippen molar-refractivity contribution in [3.63, 3.8) is 0 Å². The number of hydrogen-bond donors (Lipinski definition) is 3. The van der Waals surface area contributed by atoms with Gasteiger partial charge in [0.2, 0.25) is 11.6 Å². The molecule has 0 atom stereocenters. The zero-order valence-electron chi connectivity index (χ0n) is 14.7. The fourth-order valence-corrected chi connectivity index (χ4v) is 2.46. The third kappa shape index (κ3) is 3.70. The van der Waals surface area contributed by atoms with Crippen molar-refractivity contribution in [1.82, 2.24) is 30.7 Å². The highest BCUT2D eigenvalue weighted by molar-refractivity contribution is 5.99. The largest absolute Gasteiger partial charge is 0.478 e. The van der Waals surface area contributed by atoms with E-state index >= 15 is 0 Å². The molecule has 0 unspecified atom stereocenters. The SMILES string of the molecule is CCCc1c(C(=O)N/N=C\c2ccccc2C(=O)O)nnn1-c1nonc1N. The molecule has 4 N–H and O–H groups in total. The molecule has 0 saturated carbocycles. The first-order chi connectivity index (χ1) is 13.5. The van der Waals surface area contributed by atoms with Crippen LogP contribution in [0.1, 0.15) is 45.4 Å². The number of anilines is 1. The van der Waals surface area contributed by atoms with Gasteiger partial charge in [0.15, 0.2) is 5.69 Å². The number of nitrogen functional groups attached to an aromatic ring is 1. The monoisotopic (exact) mass is 384 g/mol. The van der Waals surface area contributed by atoms with Crippen LogP contribution in [0.2, 0.25) is 0 Å². The number of rotatable bonds is 7. The molecular formula is C16H16N8O4. The van der Waals surface area contributed by atoms with E-state index in [-0.39, 0.29) is 22.9 Å². The number of hydrazone groups is 1. The van der Waals surface area contributed by atoms with Crippen molar-refractivity contribution in [2.75, 3.05) is 5.73 Å². The number of amides is 1. The minimum absolute atomic E-state index is 0.0116. The normalized spacial score (nSPS) is 11.0. The van der Waals surface area contributed by atoms with Gasteiger partial charge < -0.3 is 10.8 Å². The zero-order chi connectivity index (χ0) is 20.1. The fraction of sp³-hybridized carbons (Fsp3) is 0.188. The third-order valence-electron chi connectivity index (χ3n) is 3.72. The molecule has 0 aliphatic heterocycles. The first-order valence-electron chi connectivity index (χ1n) is 8.21. The summed E-state index contributed by atoms with van der Waals surface area (Å²) in [5.41, 5.74) is 8.90. The lowest BCUT2D eigenvalue weighted by molar-refractivity contribution is 0.0696. The zero-order valence-corrected chi connectivity index (χ0v) is 14.7. The van der Waals surface area contributed by atoms with E-state index in [1.165, 1.54) is 17.0 Å². The lowest BCUT2D eigenvalue weighted by Crippen LogP contribution is -2.20. The van der Waals surface area contributed by atoms with E-state index in [0.717, 1.165) is 0 Å². The van der Waals surface area contributed by atoms with Gasteiger partial charge in [-0.15, -0.1) is 5.10 Å². The van der Waals surface area contributed by atoms with Crippen molar-refractivity contribution in [3.05, 3.63) is 46.8 Å². The highest BCUT2D eigenvalue weighted by atomic mass is 16.6. The summed E-state index contributed by atoms with van der Waals surface area (Å²) in [6.45, 7) is 1.92. The minimum atomic E-state index is -1.10. The third-order valence-corrected chi connectivity index (χ3v) is 3.72. The van der Waals surface area contributed by atoms with E-state index in [1.807, 2.05) is 6.92 Å². The molecular weight excluding hydrogens is 368 g/mol. The van der Waals surface area contributed by atoms with Crippen molar-refractivity contribution in [3.8, 4) is 5.82 Å². The average molecular weight is 384 g/mol. The van der Waals surface area contributed by atoms with Crippen LogP contribution in [0.3, 0.4) is 0 Å². The van der Waals surface area contributed by atoms with Gasteiger partial charge in [0, 0.05) is 5.56 Å². The number of aromatic nitrogens is 5. The topological polar surface area (TPSA) is 174 Å². The number of benzene rings is 1. The van der Waals surface area contributed by atoms with Crippen LogP contribution in [0.25, 0.3) is 5.82 Å². The van der Waals surface area contributed by atoms with Gasteiger partial charge in [0.1, 0.15) is 0 Å². The Bertz CT molecular complexity index is 1040. The van der Waals surface area contributed by atoms with Crippen molar-refractivity contribution in [1.29, 1.82) is 0 Å². The minimum Gasteiger partial charge on any atom is -0.478 e. The van der Waals surface area contributed by atoms with E-state index in [4.69, 9.17) is 10.8 Å². The molecule has 2 aromatic heterocycles. The number of nitrogens with zero attached hydrogens (tertiary/aromatic N) is 6. The van der Waals surface area contributed by atoms with Gasteiger partial charge in [-0.05, 0) is 22.8 Å². The summed E-state index contributed by atoms with van der Waals surface area (Å²) in [7, 11) is 0. The van der Waals surface area contributed by atoms with Gasteiger partial charge in [0.25, 0.3) is 5.91 Å². The maximum Gasteiger partial charge on any atom is 0.336 e. The van der Waals surface area contributed by atoms with Gasteiger partial charge in [-0.25, -0.2) is 14.8 Å². The van der Waals surface area contributed by atoms with E-state index in [1.54, 1.807) is 18.2 Å². The van der Waals surface area contributed by atoms with Gasteiger partial charge >= 0.3 is 5.97 Å². The number of carboxylic acids is 1. The maximum atomic E-state index is 12.5. The van der Waals surface area contributed by atoms with E-state index < -0.39 is 11.9 Å². The second-order valence-electron chi connectivity index (χ2n) is 5.61. The number of carbonyl (C=O) groups is 2. The number of aromatic carboxylic acids is 1. The Morgan fingerprint density at radius 2 is 2.14 bits per heavy atom. The van der Waals surface area contributed by atoms with E-state index in [9.17, 15) is 9.59 Å². The lowest BCUT2D eigenvalue weighted by Gasteiger charge is -2.04. The first kappa shape index (κ1) is 18.7. The van der Waals surface area contributed by atoms with E-state index in [2.05, 4.69) is 35.8 Å². The number of carbonyl (C=O) groups excluding carboxylic acids is 1. The van der Waals surface area contributed by atoms with E-state index in [0.29, 0.717) is 24.1 Å². The number of hydrogen-bond acceptors (Lipinski definition) is 9. The number of nitrogens with two attached hydrogens (primary N) is 1. The summed E-state index contributed by atoms with van der Waals surface area (Å²) < 4.78 is 5.85. The van der Waals surface area contributed by atoms with Crippen LogP contribution in [0.5, 0.6) is 0 Å². The van der Waals surface area contributed by atoms with Crippen molar-refractivity contribution in [2.24, 2.45) is 5.10 Å². The molecule has 0 bridgehead atoms. The van der Waals surface area contributed by atoms with Gasteiger partial charge in [-0.3, -0.25) is 4.79 Å². The molecule has 3 aromatic rings. The summed E-state index contributed by atoms with van der Waals surface area (Å²) in [5, 5.41) is 27.9. The molecule has 0 fully saturated rings. The number of nitrogens with one attached hydrogen (secondary N) is 1. The summed E-state index contributed by atoms with van der Waals surface area (Å²) in [4.78, 5) is 23.7. The Hall–Kier alpha value is -4.09. The smallest absolute Gasteiger partial charge is 0.336 e. The Labute approximate surface area is 158 Å². The van der Waals surface area contributed by atoms with Crippen LogP contribution in [0.4, 0.5) is 5.82 Å². The molecule has 0 radical (unpaired) electrons. The lowest BCUT2D eigenvalue weighted by atomic mass is 10.1. The summed E-state index contributed by atoms with van der Waals surface area (Å²) >= 11 is 0. The van der Waals surface area contributed by atoms with Gasteiger partial charge in [-0.2, -0.15) is 9.78 Å². The average Bonchev–Trinajstić information content (AvgIpc) is 3.28.